The van der Waals surface area contributed by atoms with Crippen molar-refractivity contribution in [1.82, 2.24) is 5.32 Å². The normalized spacial score (nSPS) is 19.4. The van der Waals surface area contributed by atoms with Gasteiger partial charge in [0.2, 0.25) is 0 Å². The Bertz CT molecular complexity index is 689. The summed E-state index contributed by atoms with van der Waals surface area (Å²) in [6, 6.07) is 6.28. The van der Waals surface area contributed by atoms with Crippen LogP contribution in [0.5, 0.6) is 0 Å². The second-order valence-electron chi connectivity index (χ2n) is 7.72. The standard InChI is InChI=1S/C19H26N2O7/c1-19(2,3)28-18(23)20-15-8-10-16(11-9-15)27-17(22)14-6-4-13(5-7-14)12-26-21(24)25/h4-7,15-16H,8-12H2,1-3H3,(H,20,23). The van der Waals surface area contributed by atoms with E-state index in [-0.39, 0.29) is 18.8 Å². The van der Waals surface area contributed by atoms with Gasteiger partial charge in [0.1, 0.15) is 18.3 Å². The maximum Gasteiger partial charge on any atom is 0.407 e. The van der Waals surface area contributed by atoms with Gasteiger partial charge in [-0.1, -0.05) is 12.1 Å². The van der Waals surface area contributed by atoms with Gasteiger partial charge in [-0.25, -0.2) is 9.59 Å². The lowest BCUT2D eigenvalue weighted by Gasteiger charge is -2.29. The van der Waals surface area contributed by atoms with Crippen molar-refractivity contribution in [3.63, 3.8) is 0 Å². The fraction of sp³-hybridized carbons (Fsp3) is 0.579. The van der Waals surface area contributed by atoms with Crippen molar-refractivity contribution in [2.24, 2.45) is 0 Å². The van der Waals surface area contributed by atoms with E-state index in [0.29, 0.717) is 36.8 Å². The summed E-state index contributed by atoms with van der Waals surface area (Å²) in [7, 11) is 0. The van der Waals surface area contributed by atoms with Crippen LogP contribution in [0.2, 0.25) is 0 Å². The minimum absolute atomic E-state index is 0.00526. The summed E-state index contributed by atoms with van der Waals surface area (Å²) in [6.07, 6.45) is 2.07. The molecule has 28 heavy (non-hydrogen) atoms. The number of amides is 1. The molecular weight excluding hydrogens is 368 g/mol. The summed E-state index contributed by atoms with van der Waals surface area (Å²) in [5.74, 6) is -0.440. The summed E-state index contributed by atoms with van der Waals surface area (Å²) in [4.78, 5) is 38.5. The first-order chi connectivity index (χ1) is 13.1. The van der Waals surface area contributed by atoms with Crippen LogP contribution in [-0.2, 0) is 20.9 Å². The van der Waals surface area contributed by atoms with Crippen molar-refractivity contribution in [3.8, 4) is 0 Å². The zero-order chi connectivity index (χ0) is 20.7. The second-order valence-corrected chi connectivity index (χ2v) is 7.72. The van der Waals surface area contributed by atoms with Crippen LogP contribution in [0.25, 0.3) is 0 Å². The van der Waals surface area contributed by atoms with Gasteiger partial charge >= 0.3 is 12.1 Å². The van der Waals surface area contributed by atoms with E-state index in [1.54, 1.807) is 24.3 Å². The van der Waals surface area contributed by atoms with E-state index in [1.807, 2.05) is 20.8 Å². The van der Waals surface area contributed by atoms with Gasteiger partial charge in [0.15, 0.2) is 0 Å². The van der Waals surface area contributed by atoms with E-state index in [2.05, 4.69) is 10.2 Å². The topological polar surface area (TPSA) is 117 Å². The molecule has 0 aromatic heterocycles. The molecule has 0 unspecified atom stereocenters. The fourth-order valence-electron chi connectivity index (χ4n) is 2.88. The number of carbonyl (C=O) groups is 2. The third kappa shape index (κ3) is 7.42. The number of nitrogens with zero attached hydrogens (tertiary/aromatic N) is 1. The number of ether oxygens (including phenoxy) is 2. The quantitative estimate of drug-likeness (QED) is 0.446. The molecular formula is C19H26N2O7. The Hall–Kier alpha value is -2.84. The highest BCUT2D eigenvalue weighted by atomic mass is 16.9. The average molecular weight is 394 g/mol. The summed E-state index contributed by atoms with van der Waals surface area (Å²) >= 11 is 0. The highest BCUT2D eigenvalue weighted by Gasteiger charge is 2.27. The average Bonchev–Trinajstić information content (AvgIpc) is 2.60. The molecule has 9 heteroatoms. The highest BCUT2D eigenvalue weighted by Crippen LogP contribution is 2.23. The van der Waals surface area contributed by atoms with E-state index >= 15 is 0 Å². The van der Waals surface area contributed by atoms with E-state index in [4.69, 9.17) is 9.47 Å². The monoisotopic (exact) mass is 394 g/mol. The summed E-state index contributed by atoms with van der Waals surface area (Å²) in [5, 5.41) is 12.2. The number of rotatable bonds is 6. The molecule has 1 fully saturated rings. The van der Waals surface area contributed by atoms with Crippen molar-refractivity contribution < 1.29 is 29.0 Å². The molecule has 0 bridgehead atoms. The van der Waals surface area contributed by atoms with Gasteiger partial charge in [-0.2, -0.15) is 0 Å². The first kappa shape index (κ1) is 21.5. The molecule has 1 aliphatic rings. The van der Waals surface area contributed by atoms with Crippen molar-refractivity contribution in [3.05, 3.63) is 45.5 Å². The van der Waals surface area contributed by atoms with Crippen molar-refractivity contribution >= 4 is 12.1 Å². The molecule has 0 heterocycles. The molecule has 1 aromatic carbocycles. The minimum atomic E-state index is -0.865. The van der Waals surface area contributed by atoms with Crippen LogP contribution in [0.15, 0.2) is 24.3 Å². The van der Waals surface area contributed by atoms with Gasteiger partial charge < -0.3 is 19.6 Å². The summed E-state index contributed by atoms with van der Waals surface area (Å²) in [5.41, 5.74) is 0.419. The molecule has 1 N–H and O–H groups in total. The number of nitrogens with one attached hydrogen (secondary N) is 1. The molecule has 1 aromatic rings. The van der Waals surface area contributed by atoms with Gasteiger partial charge in [-0.05, 0) is 64.2 Å². The van der Waals surface area contributed by atoms with Crippen LogP contribution in [0.3, 0.4) is 0 Å². The Morgan fingerprint density at radius 1 is 1.14 bits per heavy atom. The molecule has 1 aliphatic carbocycles. The van der Waals surface area contributed by atoms with Gasteiger partial charge in [-0.15, -0.1) is 10.1 Å². The molecule has 0 radical (unpaired) electrons. The number of benzene rings is 1. The van der Waals surface area contributed by atoms with Crippen LogP contribution >= 0.6 is 0 Å². The lowest BCUT2D eigenvalue weighted by Crippen LogP contribution is -2.42. The van der Waals surface area contributed by atoms with Gasteiger partial charge in [0, 0.05) is 6.04 Å². The zero-order valence-electron chi connectivity index (χ0n) is 16.3. The smallest absolute Gasteiger partial charge is 0.407 e. The predicted molar refractivity (Wildman–Crippen MR) is 99.1 cm³/mol. The Kier molecular flexibility index (Phi) is 7.19. The van der Waals surface area contributed by atoms with Gasteiger partial charge in [-0.3, -0.25) is 0 Å². The molecule has 1 amide bonds. The Morgan fingerprint density at radius 2 is 1.75 bits per heavy atom. The lowest BCUT2D eigenvalue weighted by atomic mass is 9.93. The molecule has 9 nitrogen and oxygen atoms in total. The van der Waals surface area contributed by atoms with Crippen molar-refractivity contribution in [1.29, 1.82) is 0 Å². The second kappa shape index (κ2) is 9.38. The largest absolute Gasteiger partial charge is 0.459 e. The van der Waals surface area contributed by atoms with Crippen LogP contribution in [0.4, 0.5) is 4.79 Å². The molecule has 2 rings (SSSR count). The van der Waals surface area contributed by atoms with E-state index in [0.717, 1.165) is 0 Å². The van der Waals surface area contributed by atoms with Crippen molar-refractivity contribution in [2.75, 3.05) is 0 Å². The van der Waals surface area contributed by atoms with Gasteiger partial charge in [0.05, 0.1) is 5.56 Å². The molecule has 154 valence electrons. The number of hydrogen-bond acceptors (Lipinski definition) is 7. The molecule has 0 aliphatic heterocycles. The third-order valence-corrected chi connectivity index (χ3v) is 4.20. The molecule has 0 saturated heterocycles. The molecule has 1 saturated carbocycles. The lowest BCUT2D eigenvalue weighted by molar-refractivity contribution is -0.763. The predicted octanol–water partition coefficient (Wildman–Crippen LogP) is 3.39. The maximum atomic E-state index is 12.3. The van der Waals surface area contributed by atoms with Crippen LogP contribution in [0, 0.1) is 10.1 Å². The SMILES string of the molecule is CC(C)(C)OC(=O)NC1CCC(OC(=O)c2ccc(CO[N+](=O)[O-])cc2)CC1. The zero-order valence-corrected chi connectivity index (χ0v) is 16.3. The fourth-order valence-corrected chi connectivity index (χ4v) is 2.88. The van der Waals surface area contributed by atoms with Crippen LogP contribution in [-0.4, -0.2) is 34.9 Å². The van der Waals surface area contributed by atoms with E-state index in [1.165, 1.54) is 0 Å². The maximum absolute atomic E-state index is 12.3. The first-order valence-electron chi connectivity index (χ1n) is 9.19. The number of esters is 1. The van der Waals surface area contributed by atoms with E-state index in [9.17, 15) is 19.7 Å². The third-order valence-electron chi connectivity index (χ3n) is 4.20. The first-order valence-corrected chi connectivity index (χ1v) is 9.19. The number of carbonyl (C=O) groups excluding carboxylic acids is 2. The summed E-state index contributed by atoms with van der Waals surface area (Å²) < 4.78 is 10.8. The molecule has 0 atom stereocenters. The van der Waals surface area contributed by atoms with Crippen molar-refractivity contribution in [2.45, 2.75) is 70.8 Å². The number of hydrogen-bond donors (Lipinski definition) is 1. The Labute approximate surface area is 163 Å². The van der Waals surface area contributed by atoms with Crippen LogP contribution < -0.4 is 5.32 Å². The molecule has 0 spiro atoms. The van der Waals surface area contributed by atoms with E-state index < -0.39 is 22.8 Å². The Morgan fingerprint density at radius 3 is 2.29 bits per heavy atom. The van der Waals surface area contributed by atoms with Crippen LogP contribution in [0.1, 0.15) is 62.4 Å². The number of alkyl carbamates (subject to hydrolysis) is 1. The minimum Gasteiger partial charge on any atom is -0.459 e. The summed E-state index contributed by atoms with van der Waals surface area (Å²) in [6.45, 7) is 5.26. The van der Waals surface area contributed by atoms with Gasteiger partial charge in [0.25, 0.3) is 5.09 Å². The Balaban J connectivity index is 1.75. The highest BCUT2D eigenvalue weighted by molar-refractivity contribution is 5.89.